The summed E-state index contributed by atoms with van der Waals surface area (Å²) in [7, 11) is 0. The zero-order valence-electron chi connectivity index (χ0n) is 8.19. The maximum absolute atomic E-state index is 10.2. The molecule has 0 fully saturated rings. The molecule has 1 rings (SSSR count). The Morgan fingerprint density at radius 3 is 3.00 bits per heavy atom. The SMILES string of the molecule is N#Cc1ccc(CNCCCC(=O)O)s1. The second-order valence-electron chi connectivity index (χ2n) is 3.05. The zero-order valence-corrected chi connectivity index (χ0v) is 9.01. The van der Waals surface area contributed by atoms with E-state index < -0.39 is 5.97 Å². The van der Waals surface area contributed by atoms with Gasteiger partial charge < -0.3 is 10.4 Å². The molecule has 5 heteroatoms. The van der Waals surface area contributed by atoms with Crippen molar-refractivity contribution in [2.24, 2.45) is 0 Å². The molecule has 0 saturated carbocycles. The number of carboxylic acids is 1. The van der Waals surface area contributed by atoms with Crippen LogP contribution in [-0.2, 0) is 11.3 Å². The Labute approximate surface area is 92.2 Å². The summed E-state index contributed by atoms with van der Waals surface area (Å²) in [6.45, 7) is 1.39. The van der Waals surface area contributed by atoms with Gasteiger partial charge in [-0.25, -0.2) is 0 Å². The number of nitrogens with zero attached hydrogens (tertiary/aromatic N) is 1. The normalized spacial score (nSPS) is 9.80. The molecular formula is C10H12N2O2S. The van der Waals surface area contributed by atoms with Gasteiger partial charge in [-0.1, -0.05) is 0 Å². The Hall–Kier alpha value is -1.38. The van der Waals surface area contributed by atoms with Gasteiger partial charge in [0, 0.05) is 17.8 Å². The van der Waals surface area contributed by atoms with Gasteiger partial charge in [0.15, 0.2) is 0 Å². The molecule has 0 aliphatic carbocycles. The molecule has 0 amide bonds. The maximum Gasteiger partial charge on any atom is 0.303 e. The summed E-state index contributed by atoms with van der Waals surface area (Å²) in [6.07, 6.45) is 0.826. The van der Waals surface area contributed by atoms with Crippen LogP contribution in [-0.4, -0.2) is 17.6 Å². The second kappa shape index (κ2) is 6.17. The molecule has 0 atom stereocenters. The molecule has 0 radical (unpaired) electrons. The van der Waals surface area contributed by atoms with E-state index in [2.05, 4.69) is 11.4 Å². The molecule has 0 saturated heterocycles. The van der Waals surface area contributed by atoms with Gasteiger partial charge in [0.2, 0.25) is 0 Å². The van der Waals surface area contributed by atoms with E-state index in [1.54, 1.807) is 6.07 Å². The number of carbonyl (C=O) groups is 1. The lowest BCUT2D eigenvalue weighted by Gasteiger charge is -2.00. The van der Waals surface area contributed by atoms with Crippen LogP contribution in [0.1, 0.15) is 22.6 Å². The highest BCUT2D eigenvalue weighted by molar-refractivity contribution is 7.12. The van der Waals surface area contributed by atoms with Crippen LogP contribution in [0.5, 0.6) is 0 Å². The number of nitriles is 1. The molecule has 0 bridgehead atoms. The number of rotatable bonds is 6. The molecule has 0 unspecified atom stereocenters. The van der Waals surface area contributed by atoms with E-state index in [0.29, 0.717) is 24.4 Å². The number of thiophene rings is 1. The summed E-state index contributed by atoms with van der Waals surface area (Å²) >= 11 is 1.46. The Balaban J connectivity index is 2.15. The minimum absolute atomic E-state index is 0.195. The third-order valence-corrected chi connectivity index (χ3v) is 2.81. The van der Waals surface area contributed by atoms with Gasteiger partial charge in [0.1, 0.15) is 10.9 Å². The molecular weight excluding hydrogens is 212 g/mol. The topological polar surface area (TPSA) is 73.1 Å². The fourth-order valence-corrected chi connectivity index (χ4v) is 1.88. The molecule has 15 heavy (non-hydrogen) atoms. The van der Waals surface area contributed by atoms with Gasteiger partial charge in [0.05, 0.1) is 0 Å². The lowest BCUT2D eigenvalue weighted by molar-refractivity contribution is -0.137. The van der Waals surface area contributed by atoms with Gasteiger partial charge >= 0.3 is 5.97 Å². The van der Waals surface area contributed by atoms with E-state index >= 15 is 0 Å². The third kappa shape index (κ3) is 4.58. The highest BCUT2D eigenvalue weighted by Gasteiger charge is 1.99. The summed E-state index contributed by atoms with van der Waals surface area (Å²) in [5, 5.41) is 20.1. The van der Waals surface area contributed by atoms with Crippen molar-refractivity contribution in [1.82, 2.24) is 5.32 Å². The van der Waals surface area contributed by atoms with Crippen molar-refractivity contribution < 1.29 is 9.90 Å². The summed E-state index contributed by atoms with van der Waals surface area (Å²) in [5.41, 5.74) is 0. The van der Waals surface area contributed by atoms with Crippen LogP contribution in [0.4, 0.5) is 0 Å². The van der Waals surface area contributed by atoms with Crippen LogP contribution in [0.25, 0.3) is 0 Å². The van der Waals surface area contributed by atoms with Crippen molar-refractivity contribution in [3.05, 3.63) is 21.9 Å². The third-order valence-electron chi connectivity index (χ3n) is 1.82. The predicted molar refractivity (Wildman–Crippen MR) is 57.6 cm³/mol. The predicted octanol–water partition coefficient (Wildman–Crippen LogP) is 1.57. The van der Waals surface area contributed by atoms with Crippen molar-refractivity contribution in [1.29, 1.82) is 5.26 Å². The van der Waals surface area contributed by atoms with Crippen molar-refractivity contribution in [3.8, 4) is 6.07 Å². The van der Waals surface area contributed by atoms with Crippen LogP contribution in [0.15, 0.2) is 12.1 Å². The Kier molecular flexibility index (Phi) is 4.81. The summed E-state index contributed by atoms with van der Waals surface area (Å²) in [5.74, 6) is -0.764. The highest BCUT2D eigenvalue weighted by Crippen LogP contribution is 2.14. The number of carboxylic acid groups (broad SMARTS) is 1. The maximum atomic E-state index is 10.2. The molecule has 4 nitrogen and oxygen atoms in total. The average Bonchev–Trinajstić information content (AvgIpc) is 2.65. The Bertz CT molecular complexity index is 368. The fraction of sp³-hybridized carbons (Fsp3) is 0.400. The quantitative estimate of drug-likeness (QED) is 0.719. The van der Waals surface area contributed by atoms with Gasteiger partial charge in [-0.3, -0.25) is 4.79 Å². The minimum Gasteiger partial charge on any atom is -0.481 e. The lowest BCUT2D eigenvalue weighted by atomic mass is 10.3. The Morgan fingerprint density at radius 2 is 2.40 bits per heavy atom. The molecule has 1 aromatic heterocycles. The number of aliphatic carboxylic acids is 1. The van der Waals surface area contributed by atoms with Gasteiger partial charge in [-0.05, 0) is 25.1 Å². The van der Waals surface area contributed by atoms with Gasteiger partial charge in [0.25, 0.3) is 0 Å². The summed E-state index contributed by atoms with van der Waals surface area (Å²) in [4.78, 5) is 12.0. The first-order valence-corrected chi connectivity index (χ1v) is 5.45. The molecule has 0 aromatic carbocycles. The highest BCUT2D eigenvalue weighted by atomic mass is 32.1. The summed E-state index contributed by atoms with van der Waals surface area (Å²) < 4.78 is 0. The number of hydrogen-bond acceptors (Lipinski definition) is 4. The van der Waals surface area contributed by atoms with E-state index in [0.717, 1.165) is 4.88 Å². The van der Waals surface area contributed by atoms with Gasteiger partial charge in [-0.15, -0.1) is 11.3 Å². The van der Waals surface area contributed by atoms with E-state index in [1.165, 1.54) is 11.3 Å². The van der Waals surface area contributed by atoms with E-state index in [1.807, 2.05) is 6.07 Å². The molecule has 80 valence electrons. The monoisotopic (exact) mass is 224 g/mol. The average molecular weight is 224 g/mol. The van der Waals surface area contributed by atoms with Crippen molar-refractivity contribution in [2.45, 2.75) is 19.4 Å². The Morgan fingerprint density at radius 1 is 1.60 bits per heavy atom. The van der Waals surface area contributed by atoms with Crippen molar-refractivity contribution >= 4 is 17.3 Å². The molecule has 2 N–H and O–H groups in total. The second-order valence-corrected chi connectivity index (χ2v) is 4.22. The van der Waals surface area contributed by atoms with Crippen LogP contribution in [0.3, 0.4) is 0 Å². The zero-order chi connectivity index (χ0) is 11.1. The van der Waals surface area contributed by atoms with Crippen molar-refractivity contribution in [3.63, 3.8) is 0 Å². The van der Waals surface area contributed by atoms with Crippen LogP contribution < -0.4 is 5.32 Å². The van der Waals surface area contributed by atoms with E-state index in [9.17, 15) is 4.79 Å². The standard InChI is InChI=1S/C10H12N2O2S/c11-6-8-3-4-9(15-8)7-12-5-1-2-10(13)14/h3-4,12H,1-2,5,7H2,(H,13,14). The van der Waals surface area contributed by atoms with E-state index in [4.69, 9.17) is 10.4 Å². The molecule has 0 spiro atoms. The molecule has 0 aliphatic rings. The molecule has 1 heterocycles. The first-order valence-electron chi connectivity index (χ1n) is 4.63. The van der Waals surface area contributed by atoms with Gasteiger partial charge in [-0.2, -0.15) is 5.26 Å². The summed E-state index contributed by atoms with van der Waals surface area (Å²) in [6, 6.07) is 5.78. The lowest BCUT2D eigenvalue weighted by Crippen LogP contribution is -2.14. The van der Waals surface area contributed by atoms with Crippen LogP contribution >= 0.6 is 11.3 Å². The van der Waals surface area contributed by atoms with E-state index in [-0.39, 0.29) is 6.42 Å². The number of nitrogens with one attached hydrogen (secondary N) is 1. The smallest absolute Gasteiger partial charge is 0.303 e. The first-order chi connectivity index (χ1) is 7.22. The fourth-order valence-electron chi connectivity index (χ4n) is 1.11. The largest absolute Gasteiger partial charge is 0.481 e. The first kappa shape index (κ1) is 11.7. The van der Waals surface area contributed by atoms with Crippen molar-refractivity contribution in [2.75, 3.05) is 6.54 Å². The van der Waals surface area contributed by atoms with Crippen LogP contribution in [0.2, 0.25) is 0 Å². The minimum atomic E-state index is -0.764. The molecule has 0 aliphatic heterocycles. The molecule has 1 aromatic rings. The van der Waals surface area contributed by atoms with Crippen LogP contribution in [0, 0.1) is 11.3 Å². The number of hydrogen-bond donors (Lipinski definition) is 2.